The van der Waals surface area contributed by atoms with E-state index in [2.05, 4.69) is 40.9 Å². The van der Waals surface area contributed by atoms with Gasteiger partial charge in [-0.25, -0.2) is 13.5 Å². The topological polar surface area (TPSA) is 137 Å². The van der Waals surface area contributed by atoms with Gasteiger partial charge in [-0.15, -0.1) is 28.5 Å². The molecule has 17 heteroatoms. The minimum absolute atomic E-state index is 0.0130. The molecule has 1 aromatic carbocycles. The van der Waals surface area contributed by atoms with Gasteiger partial charge in [0.15, 0.2) is 5.69 Å². The van der Waals surface area contributed by atoms with Crippen LogP contribution in [0, 0.1) is 0 Å². The van der Waals surface area contributed by atoms with E-state index in [0.717, 1.165) is 23.5 Å². The number of aryl methyl sites for hydroxylation is 1. The van der Waals surface area contributed by atoms with Crippen molar-refractivity contribution in [3.05, 3.63) is 76.3 Å². The molecule has 0 aliphatic carbocycles. The van der Waals surface area contributed by atoms with E-state index in [1.807, 2.05) is 0 Å². The molecule has 0 aliphatic heterocycles. The second-order valence-electron chi connectivity index (χ2n) is 8.90. The molecule has 1 atom stereocenters. The molecule has 3 aromatic heterocycles. The average Bonchev–Trinajstić information content (AvgIpc) is 3.59. The van der Waals surface area contributed by atoms with Crippen LogP contribution in [0.4, 0.5) is 27.1 Å². The average molecular weight is 611 g/mol. The minimum Gasteiger partial charge on any atom is -0.406 e. The van der Waals surface area contributed by atoms with Crippen molar-refractivity contribution >= 4 is 28.3 Å². The van der Waals surface area contributed by atoms with Gasteiger partial charge in [0.1, 0.15) is 23.6 Å². The quantitative estimate of drug-likeness (QED) is 0.217. The van der Waals surface area contributed by atoms with Crippen LogP contribution in [0.3, 0.4) is 0 Å². The number of nitrogens with zero attached hydrogens (tertiary/aromatic N) is 6. The van der Waals surface area contributed by atoms with Gasteiger partial charge < -0.3 is 15.4 Å². The predicted octanol–water partition coefficient (Wildman–Crippen LogP) is 3.97. The summed E-state index contributed by atoms with van der Waals surface area (Å²) in [7, 11) is 0. The Morgan fingerprint density at radius 2 is 1.88 bits per heavy atom. The number of pyridine rings is 1. The fourth-order valence-electron chi connectivity index (χ4n) is 3.66. The Morgan fingerprint density at radius 1 is 1.07 bits per heavy atom. The summed E-state index contributed by atoms with van der Waals surface area (Å²) < 4.78 is 69.6. The molecular weight excluding hydrogens is 587 g/mol. The summed E-state index contributed by atoms with van der Waals surface area (Å²) in [5.74, 6) is -1.50. The lowest BCUT2D eigenvalue weighted by atomic mass is 10.1. The Kier molecular flexibility index (Phi) is 10.1. The second kappa shape index (κ2) is 13.9. The number of anilines is 1. The van der Waals surface area contributed by atoms with E-state index >= 15 is 0 Å². The van der Waals surface area contributed by atoms with Crippen LogP contribution in [0.25, 0.3) is 0 Å². The first-order valence-corrected chi connectivity index (χ1v) is 13.2. The number of carbonyl (C=O) groups excluding carboxylic acids is 2. The molecule has 1 unspecified atom stereocenters. The largest absolute Gasteiger partial charge is 0.573 e. The highest BCUT2D eigenvalue weighted by Gasteiger charge is 2.31. The summed E-state index contributed by atoms with van der Waals surface area (Å²) in [4.78, 5) is 28.5. The zero-order valence-corrected chi connectivity index (χ0v) is 22.5. The summed E-state index contributed by atoms with van der Waals surface area (Å²) in [5.41, 5.74) is 1.28. The Labute approximate surface area is 239 Å². The van der Waals surface area contributed by atoms with E-state index in [4.69, 9.17) is 0 Å². The maximum Gasteiger partial charge on any atom is 0.573 e. The van der Waals surface area contributed by atoms with Crippen LogP contribution in [-0.4, -0.2) is 54.5 Å². The first kappa shape index (κ1) is 30.4. The van der Waals surface area contributed by atoms with Gasteiger partial charge in [0.05, 0.1) is 19.2 Å². The summed E-state index contributed by atoms with van der Waals surface area (Å²) in [5, 5.41) is 21.0. The SMILES string of the molecule is O=C(Cc1cccc(OC(F)(F)F)c1)Nc1nnc(CCC(F)Cn2cc(C(=O)NCc3cncc(CF)c3)nn2)s1. The lowest BCUT2D eigenvalue weighted by Gasteiger charge is -2.09. The fourth-order valence-corrected chi connectivity index (χ4v) is 4.43. The Hall–Kier alpha value is -4.54. The molecule has 222 valence electrons. The number of ether oxygens (including phenoxy) is 1. The molecule has 0 fully saturated rings. The van der Waals surface area contributed by atoms with E-state index < -0.39 is 36.8 Å². The normalized spacial score (nSPS) is 12.1. The van der Waals surface area contributed by atoms with Gasteiger partial charge in [0, 0.05) is 30.9 Å². The molecule has 3 heterocycles. The van der Waals surface area contributed by atoms with Gasteiger partial charge in [-0.05, 0) is 35.7 Å². The highest BCUT2D eigenvalue weighted by Crippen LogP contribution is 2.24. The number of rotatable bonds is 13. The van der Waals surface area contributed by atoms with E-state index in [0.29, 0.717) is 21.7 Å². The van der Waals surface area contributed by atoms with Crippen LogP contribution in [0.15, 0.2) is 48.9 Å². The number of hydrogen-bond donors (Lipinski definition) is 2. The van der Waals surface area contributed by atoms with Crippen molar-refractivity contribution in [2.45, 2.75) is 51.6 Å². The number of aromatic nitrogens is 6. The van der Waals surface area contributed by atoms with Crippen LogP contribution < -0.4 is 15.4 Å². The van der Waals surface area contributed by atoms with Crippen LogP contribution in [-0.2, 0) is 37.4 Å². The molecule has 42 heavy (non-hydrogen) atoms. The number of nitrogens with one attached hydrogen (secondary N) is 2. The molecule has 0 saturated heterocycles. The number of carbonyl (C=O) groups is 2. The van der Waals surface area contributed by atoms with Crippen LogP contribution >= 0.6 is 11.3 Å². The van der Waals surface area contributed by atoms with Crippen molar-refractivity contribution < 1.29 is 36.3 Å². The van der Waals surface area contributed by atoms with Gasteiger partial charge >= 0.3 is 6.36 Å². The lowest BCUT2D eigenvalue weighted by molar-refractivity contribution is -0.274. The summed E-state index contributed by atoms with van der Waals surface area (Å²) in [6, 6.07) is 6.63. The zero-order chi connectivity index (χ0) is 30.1. The molecule has 0 bridgehead atoms. The monoisotopic (exact) mass is 610 g/mol. The lowest BCUT2D eigenvalue weighted by Crippen LogP contribution is -2.23. The number of hydrogen-bond acceptors (Lipinski definition) is 9. The molecule has 4 rings (SSSR count). The molecule has 0 radical (unpaired) electrons. The number of halogens is 5. The Morgan fingerprint density at radius 3 is 2.67 bits per heavy atom. The zero-order valence-electron chi connectivity index (χ0n) is 21.6. The maximum absolute atomic E-state index is 14.6. The minimum atomic E-state index is -4.85. The Balaban J connectivity index is 1.20. The number of benzene rings is 1. The molecular formula is C25H23F5N8O3S. The Bertz CT molecular complexity index is 1510. The van der Waals surface area contributed by atoms with Gasteiger partial charge in [-0.1, -0.05) is 28.7 Å². The van der Waals surface area contributed by atoms with Crippen molar-refractivity contribution in [1.29, 1.82) is 0 Å². The third kappa shape index (κ3) is 9.53. The van der Waals surface area contributed by atoms with Gasteiger partial charge in [0.25, 0.3) is 5.91 Å². The second-order valence-corrected chi connectivity index (χ2v) is 9.96. The molecule has 0 aliphatic rings. The van der Waals surface area contributed by atoms with E-state index in [1.165, 1.54) is 35.4 Å². The maximum atomic E-state index is 14.6. The summed E-state index contributed by atoms with van der Waals surface area (Å²) in [6.07, 6.45) is -1.97. The predicted molar refractivity (Wildman–Crippen MR) is 139 cm³/mol. The van der Waals surface area contributed by atoms with E-state index in [1.54, 1.807) is 6.07 Å². The van der Waals surface area contributed by atoms with Crippen LogP contribution in [0.5, 0.6) is 5.75 Å². The first-order valence-electron chi connectivity index (χ1n) is 12.3. The first-order chi connectivity index (χ1) is 20.1. The number of alkyl halides is 5. The van der Waals surface area contributed by atoms with Crippen molar-refractivity contribution in [2.24, 2.45) is 0 Å². The van der Waals surface area contributed by atoms with Crippen molar-refractivity contribution in [1.82, 2.24) is 35.5 Å². The van der Waals surface area contributed by atoms with Crippen LogP contribution in [0.2, 0.25) is 0 Å². The van der Waals surface area contributed by atoms with Gasteiger partial charge in [0.2, 0.25) is 11.0 Å². The smallest absolute Gasteiger partial charge is 0.406 e. The molecule has 2 amide bonds. The summed E-state index contributed by atoms with van der Waals surface area (Å²) >= 11 is 1.04. The van der Waals surface area contributed by atoms with Crippen molar-refractivity contribution in [2.75, 3.05) is 5.32 Å². The molecule has 0 saturated carbocycles. The van der Waals surface area contributed by atoms with E-state index in [9.17, 15) is 31.5 Å². The molecule has 11 nitrogen and oxygen atoms in total. The highest BCUT2D eigenvalue weighted by atomic mass is 32.1. The molecule has 0 spiro atoms. The van der Waals surface area contributed by atoms with Crippen molar-refractivity contribution in [3.63, 3.8) is 0 Å². The summed E-state index contributed by atoms with van der Waals surface area (Å²) in [6.45, 7) is -0.732. The molecule has 2 N–H and O–H groups in total. The molecule has 4 aromatic rings. The fraction of sp³-hybridized carbons (Fsp3) is 0.320. The standard InChI is InChI=1S/C25H23F5N8O3S/c26-9-16-6-17(11-31-10-16)12-32-23(40)20-14-38(37-34-20)13-18(27)4-5-22-35-36-24(42-22)33-21(39)8-15-2-1-3-19(7-15)41-25(28,29)30/h1-3,6-7,10-11,14,18H,4-5,8-9,12-13H2,(H,32,40)(H,33,36,39). The van der Waals surface area contributed by atoms with Crippen molar-refractivity contribution in [3.8, 4) is 5.75 Å². The number of amides is 2. The van der Waals surface area contributed by atoms with Crippen LogP contribution in [0.1, 0.15) is 38.6 Å². The van der Waals surface area contributed by atoms with Gasteiger partial charge in [-0.3, -0.25) is 14.6 Å². The third-order valence-electron chi connectivity index (χ3n) is 5.50. The van der Waals surface area contributed by atoms with E-state index in [-0.39, 0.29) is 43.2 Å². The third-order valence-corrected chi connectivity index (χ3v) is 6.40. The highest BCUT2D eigenvalue weighted by molar-refractivity contribution is 7.15. The van der Waals surface area contributed by atoms with Gasteiger partial charge in [-0.2, -0.15) is 0 Å².